The second-order valence-electron chi connectivity index (χ2n) is 5.86. The molecule has 0 bridgehead atoms. The first kappa shape index (κ1) is 16.8. The minimum Gasteiger partial charge on any atom is -0.348 e. The van der Waals surface area contributed by atoms with Crippen molar-refractivity contribution in [1.29, 1.82) is 0 Å². The summed E-state index contributed by atoms with van der Waals surface area (Å²) in [4.78, 5) is 12.1. The molecule has 3 aromatic rings. The lowest BCUT2D eigenvalue weighted by Crippen LogP contribution is -2.26. The van der Waals surface area contributed by atoms with Gasteiger partial charge in [-0.05, 0) is 65.2 Å². The van der Waals surface area contributed by atoms with Crippen LogP contribution in [-0.2, 0) is 17.8 Å². The normalized spacial score (nSPS) is 10.7. The Hall–Kier alpha value is -3.09. The average molecular weight is 339 g/mol. The standard InChI is InChI=1S/C18H18FN5O/c1-12-3-8-16(9-13(12)2)24-17(21-22-23-24)11-20-18(25)10-14-4-6-15(19)7-5-14/h3-9H,10-11H2,1-2H3,(H,20,25). The first-order valence-corrected chi connectivity index (χ1v) is 7.89. The Balaban J connectivity index is 1.66. The first-order chi connectivity index (χ1) is 12.0. The number of aromatic nitrogens is 4. The van der Waals surface area contributed by atoms with Crippen molar-refractivity contribution in [3.8, 4) is 5.69 Å². The highest BCUT2D eigenvalue weighted by Gasteiger charge is 2.11. The molecule has 0 aliphatic heterocycles. The van der Waals surface area contributed by atoms with E-state index >= 15 is 0 Å². The summed E-state index contributed by atoms with van der Waals surface area (Å²) in [7, 11) is 0. The van der Waals surface area contributed by atoms with Crippen molar-refractivity contribution >= 4 is 5.91 Å². The number of halogens is 1. The van der Waals surface area contributed by atoms with Crippen LogP contribution >= 0.6 is 0 Å². The molecule has 0 spiro atoms. The summed E-state index contributed by atoms with van der Waals surface area (Å²) in [5.41, 5.74) is 3.91. The maximum absolute atomic E-state index is 12.9. The highest BCUT2D eigenvalue weighted by Crippen LogP contribution is 2.14. The molecule has 1 aromatic heterocycles. The Labute approximate surface area is 144 Å². The highest BCUT2D eigenvalue weighted by atomic mass is 19.1. The van der Waals surface area contributed by atoms with E-state index in [1.54, 1.807) is 16.8 Å². The second kappa shape index (κ2) is 7.21. The highest BCUT2D eigenvalue weighted by molar-refractivity contribution is 5.78. The van der Waals surface area contributed by atoms with E-state index in [1.165, 1.54) is 17.7 Å². The Morgan fingerprint density at radius 1 is 1.12 bits per heavy atom. The number of carbonyl (C=O) groups is 1. The smallest absolute Gasteiger partial charge is 0.224 e. The Kier molecular flexibility index (Phi) is 4.83. The minimum absolute atomic E-state index is 0.172. The number of carbonyl (C=O) groups excluding carboxylic acids is 1. The SMILES string of the molecule is Cc1ccc(-n2nnnc2CNC(=O)Cc2ccc(F)cc2)cc1C. The molecular weight excluding hydrogens is 321 g/mol. The molecule has 0 unspecified atom stereocenters. The zero-order valence-corrected chi connectivity index (χ0v) is 14.0. The number of aryl methyl sites for hydroxylation is 2. The average Bonchev–Trinajstić information content (AvgIpc) is 3.06. The third-order valence-electron chi connectivity index (χ3n) is 3.99. The molecule has 3 rings (SSSR count). The molecule has 1 heterocycles. The van der Waals surface area contributed by atoms with Gasteiger partial charge in [-0.15, -0.1) is 5.10 Å². The first-order valence-electron chi connectivity index (χ1n) is 7.89. The summed E-state index contributed by atoms with van der Waals surface area (Å²) < 4.78 is 14.5. The summed E-state index contributed by atoms with van der Waals surface area (Å²) in [6.45, 7) is 4.27. The Morgan fingerprint density at radius 3 is 2.60 bits per heavy atom. The van der Waals surface area contributed by atoms with Crippen LogP contribution in [0.25, 0.3) is 5.69 Å². The fraction of sp³-hybridized carbons (Fsp3) is 0.222. The summed E-state index contributed by atoms with van der Waals surface area (Å²) in [5.74, 6) is 0.0358. The number of benzene rings is 2. The number of nitrogens with zero attached hydrogens (tertiary/aromatic N) is 4. The topological polar surface area (TPSA) is 72.7 Å². The van der Waals surface area contributed by atoms with Gasteiger partial charge in [-0.2, -0.15) is 4.68 Å². The van der Waals surface area contributed by atoms with Crippen molar-refractivity contribution in [3.05, 3.63) is 70.8 Å². The molecule has 2 aromatic carbocycles. The van der Waals surface area contributed by atoms with Crippen molar-refractivity contribution in [1.82, 2.24) is 25.5 Å². The van der Waals surface area contributed by atoms with E-state index < -0.39 is 0 Å². The second-order valence-corrected chi connectivity index (χ2v) is 5.86. The van der Waals surface area contributed by atoms with Gasteiger partial charge in [-0.3, -0.25) is 4.79 Å². The zero-order valence-electron chi connectivity index (χ0n) is 14.0. The maximum Gasteiger partial charge on any atom is 0.224 e. The molecule has 6 nitrogen and oxygen atoms in total. The number of rotatable bonds is 5. The summed E-state index contributed by atoms with van der Waals surface area (Å²) in [6, 6.07) is 11.8. The Morgan fingerprint density at radius 2 is 1.88 bits per heavy atom. The van der Waals surface area contributed by atoms with Gasteiger partial charge < -0.3 is 5.32 Å². The van der Waals surface area contributed by atoms with E-state index in [2.05, 4.69) is 20.8 Å². The zero-order chi connectivity index (χ0) is 17.8. The lowest BCUT2D eigenvalue weighted by Gasteiger charge is -2.08. The van der Waals surface area contributed by atoms with Crippen LogP contribution in [0.1, 0.15) is 22.5 Å². The minimum atomic E-state index is -0.322. The molecular formula is C18H18FN5O. The lowest BCUT2D eigenvalue weighted by molar-refractivity contribution is -0.120. The predicted molar refractivity (Wildman–Crippen MR) is 90.6 cm³/mol. The molecule has 0 aliphatic rings. The van der Waals surface area contributed by atoms with Gasteiger partial charge in [0.15, 0.2) is 5.82 Å². The number of amides is 1. The number of hydrogen-bond donors (Lipinski definition) is 1. The predicted octanol–water partition coefficient (Wildman–Crippen LogP) is 2.28. The molecule has 0 saturated heterocycles. The number of hydrogen-bond acceptors (Lipinski definition) is 4. The van der Waals surface area contributed by atoms with Gasteiger partial charge in [-0.25, -0.2) is 4.39 Å². The summed E-state index contributed by atoms with van der Waals surface area (Å²) in [6.07, 6.45) is 0.172. The molecule has 0 radical (unpaired) electrons. The third-order valence-corrected chi connectivity index (χ3v) is 3.99. The van der Waals surface area contributed by atoms with Gasteiger partial charge in [0, 0.05) is 0 Å². The van der Waals surface area contributed by atoms with Gasteiger partial charge in [0.1, 0.15) is 5.82 Å². The van der Waals surface area contributed by atoms with E-state index in [0.717, 1.165) is 16.8 Å². The van der Waals surface area contributed by atoms with Crippen LogP contribution in [0.4, 0.5) is 4.39 Å². The quantitative estimate of drug-likeness (QED) is 0.774. The van der Waals surface area contributed by atoms with E-state index in [9.17, 15) is 9.18 Å². The van der Waals surface area contributed by atoms with E-state index in [0.29, 0.717) is 5.82 Å². The fourth-order valence-electron chi connectivity index (χ4n) is 2.40. The van der Waals surface area contributed by atoms with Crippen molar-refractivity contribution < 1.29 is 9.18 Å². The molecule has 1 N–H and O–H groups in total. The largest absolute Gasteiger partial charge is 0.348 e. The van der Waals surface area contributed by atoms with E-state index in [4.69, 9.17) is 0 Å². The van der Waals surface area contributed by atoms with Crippen LogP contribution in [0.15, 0.2) is 42.5 Å². The molecule has 0 atom stereocenters. The molecule has 128 valence electrons. The Bertz CT molecular complexity index is 889. The monoisotopic (exact) mass is 339 g/mol. The van der Waals surface area contributed by atoms with Crippen LogP contribution in [0.5, 0.6) is 0 Å². The van der Waals surface area contributed by atoms with Crippen LogP contribution in [-0.4, -0.2) is 26.1 Å². The van der Waals surface area contributed by atoms with Crippen LogP contribution in [0, 0.1) is 19.7 Å². The van der Waals surface area contributed by atoms with Gasteiger partial charge in [-0.1, -0.05) is 18.2 Å². The molecule has 0 saturated carbocycles. The molecule has 0 fully saturated rings. The third kappa shape index (κ3) is 4.06. The van der Waals surface area contributed by atoms with Crippen LogP contribution < -0.4 is 5.32 Å². The van der Waals surface area contributed by atoms with Gasteiger partial charge >= 0.3 is 0 Å². The summed E-state index contributed by atoms with van der Waals surface area (Å²) >= 11 is 0. The fourth-order valence-corrected chi connectivity index (χ4v) is 2.40. The van der Waals surface area contributed by atoms with E-state index in [-0.39, 0.29) is 24.7 Å². The van der Waals surface area contributed by atoms with E-state index in [1.807, 2.05) is 32.0 Å². The molecule has 25 heavy (non-hydrogen) atoms. The van der Waals surface area contributed by atoms with Crippen LogP contribution in [0.2, 0.25) is 0 Å². The van der Waals surface area contributed by atoms with Crippen molar-refractivity contribution in [2.24, 2.45) is 0 Å². The van der Waals surface area contributed by atoms with Crippen molar-refractivity contribution in [2.75, 3.05) is 0 Å². The van der Waals surface area contributed by atoms with Gasteiger partial charge in [0.2, 0.25) is 5.91 Å². The van der Waals surface area contributed by atoms with Crippen molar-refractivity contribution in [3.63, 3.8) is 0 Å². The lowest BCUT2D eigenvalue weighted by atomic mass is 10.1. The molecule has 0 aliphatic carbocycles. The molecule has 1 amide bonds. The van der Waals surface area contributed by atoms with Crippen molar-refractivity contribution in [2.45, 2.75) is 26.8 Å². The van der Waals surface area contributed by atoms with Gasteiger partial charge in [0.25, 0.3) is 0 Å². The number of nitrogens with one attached hydrogen (secondary N) is 1. The maximum atomic E-state index is 12.9. The molecule has 7 heteroatoms. The van der Waals surface area contributed by atoms with Crippen LogP contribution in [0.3, 0.4) is 0 Å². The van der Waals surface area contributed by atoms with Gasteiger partial charge in [0.05, 0.1) is 18.7 Å². The number of tetrazole rings is 1. The summed E-state index contributed by atoms with van der Waals surface area (Å²) in [5, 5.41) is 14.4.